The molecule has 0 spiro atoms. The van der Waals surface area contributed by atoms with Crippen LogP contribution in [0.3, 0.4) is 0 Å². The number of ether oxygens (including phenoxy) is 1. The summed E-state index contributed by atoms with van der Waals surface area (Å²) < 4.78 is 20.0. The third-order valence-corrected chi connectivity index (χ3v) is 6.93. The van der Waals surface area contributed by atoms with E-state index in [1.807, 2.05) is 30.3 Å². The Balaban J connectivity index is 1.28. The molecule has 0 radical (unpaired) electrons. The molecule has 0 aromatic heterocycles. The van der Waals surface area contributed by atoms with Crippen LogP contribution >= 0.6 is 0 Å². The van der Waals surface area contributed by atoms with Gasteiger partial charge in [0.2, 0.25) is 0 Å². The van der Waals surface area contributed by atoms with Gasteiger partial charge in [0.1, 0.15) is 11.6 Å². The number of benzene rings is 3. The molecule has 1 fully saturated rings. The van der Waals surface area contributed by atoms with Crippen molar-refractivity contribution in [2.45, 2.75) is 19.0 Å². The average Bonchev–Trinajstić information content (AvgIpc) is 3.36. The first kappa shape index (κ1) is 24.2. The second kappa shape index (κ2) is 11.0. The van der Waals surface area contributed by atoms with Crippen LogP contribution in [0.5, 0.6) is 5.75 Å². The fraction of sp³-hybridized carbons (Fsp3) is 0.310. The third-order valence-electron chi connectivity index (χ3n) is 6.93. The second-order valence-electron chi connectivity index (χ2n) is 9.29. The Morgan fingerprint density at radius 2 is 1.58 bits per heavy atom. The topological polar surface area (TPSA) is 48.4 Å². The summed E-state index contributed by atoms with van der Waals surface area (Å²) in [6.45, 7) is 4.61. The van der Waals surface area contributed by atoms with E-state index in [2.05, 4.69) is 34.1 Å². The lowest BCUT2D eigenvalue weighted by Crippen LogP contribution is -2.49. The number of nitrogens with zero attached hydrogens (tertiary/aromatic N) is 4. The molecule has 3 aromatic carbocycles. The lowest BCUT2D eigenvalue weighted by molar-refractivity contribution is -0.134. The van der Waals surface area contributed by atoms with Gasteiger partial charge in [-0.05, 0) is 41.5 Å². The number of halogens is 1. The van der Waals surface area contributed by atoms with Crippen LogP contribution in [0.4, 0.5) is 4.39 Å². The number of hydrazone groups is 1. The largest absolute Gasteiger partial charge is 0.497 e. The highest BCUT2D eigenvalue weighted by Gasteiger charge is 2.35. The minimum atomic E-state index is -0.463. The monoisotopic (exact) mass is 486 g/mol. The highest BCUT2D eigenvalue weighted by atomic mass is 19.1. The molecule has 36 heavy (non-hydrogen) atoms. The SMILES string of the molecule is COc1ccc(C2=NN(C(=O)CN3CCN(Cc4ccccc4)CC3)[C@@H](c3ccccc3F)C2)cc1. The van der Waals surface area contributed by atoms with E-state index in [-0.39, 0.29) is 18.3 Å². The van der Waals surface area contributed by atoms with Gasteiger partial charge in [0.05, 0.1) is 25.4 Å². The molecule has 0 N–H and O–H groups in total. The van der Waals surface area contributed by atoms with Crippen LogP contribution < -0.4 is 4.74 Å². The molecule has 2 heterocycles. The van der Waals surface area contributed by atoms with Crippen LogP contribution in [0.15, 0.2) is 84.0 Å². The molecule has 1 amide bonds. The van der Waals surface area contributed by atoms with E-state index in [1.54, 1.807) is 25.3 Å². The van der Waals surface area contributed by atoms with Gasteiger partial charge in [-0.25, -0.2) is 9.40 Å². The van der Waals surface area contributed by atoms with Gasteiger partial charge in [0.25, 0.3) is 5.91 Å². The molecule has 0 unspecified atom stereocenters. The average molecular weight is 487 g/mol. The van der Waals surface area contributed by atoms with Gasteiger partial charge < -0.3 is 4.74 Å². The molecule has 3 aromatic rings. The molecular weight excluding hydrogens is 455 g/mol. The fourth-order valence-corrected chi connectivity index (χ4v) is 4.90. The molecule has 5 rings (SSSR count). The smallest absolute Gasteiger partial charge is 0.257 e. The quantitative estimate of drug-likeness (QED) is 0.499. The summed E-state index contributed by atoms with van der Waals surface area (Å²) in [7, 11) is 1.62. The number of rotatable bonds is 7. The van der Waals surface area contributed by atoms with Gasteiger partial charge in [-0.3, -0.25) is 14.6 Å². The zero-order valence-electron chi connectivity index (χ0n) is 20.5. The Morgan fingerprint density at radius 3 is 2.28 bits per heavy atom. The van der Waals surface area contributed by atoms with Crippen molar-refractivity contribution in [3.63, 3.8) is 0 Å². The molecule has 2 aliphatic rings. The molecule has 1 saturated heterocycles. The number of hydrogen-bond acceptors (Lipinski definition) is 5. The number of amides is 1. The van der Waals surface area contributed by atoms with Crippen LogP contribution in [0.1, 0.15) is 29.2 Å². The lowest BCUT2D eigenvalue weighted by Gasteiger charge is -2.35. The summed E-state index contributed by atoms with van der Waals surface area (Å²) in [4.78, 5) is 18.1. The zero-order chi connectivity index (χ0) is 24.9. The third kappa shape index (κ3) is 5.48. The number of hydrogen-bond donors (Lipinski definition) is 0. The first-order valence-corrected chi connectivity index (χ1v) is 12.4. The summed E-state index contributed by atoms with van der Waals surface area (Å²) >= 11 is 0. The molecule has 7 heteroatoms. The molecule has 2 aliphatic heterocycles. The molecule has 1 atom stereocenters. The van der Waals surface area contributed by atoms with Gasteiger partial charge in [-0.15, -0.1) is 0 Å². The summed E-state index contributed by atoms with van der Waals surface area (Å²) in [5.41, 5.74) is 3.46. The van der Waals surface area contributed by atoms with Gasteiger partial charge in [-0.2, -0.15) is 5.10 Å². The summed E-state index contributed by atoms with van der Waals surface area (Å²) in [6.07, 6.45) is 0.462. The Bertz CT molecular complexity index is 1210. The Morgan fingerprint density at radius 1 is 0.917 bits per heavy atom. The van der Waals surface area contributed by atoms with Crippen LogP contribution in [-0.2, 0) is 11.3 Å². The van der Waals surface area contributed by atoms with Crippen molar-refractivity contribution in [1.82, 2.24) is 14.8 Å². The standard InChI is InChI=1S/C29H31FN4O2/c1-36-24-13-11-23(12-14-24)27-19-28(25-9-5-6-10-26(25)30)34(31-27)29(35)21-33-17-15-32(16-18-33)20-22-7-3-2-4-8-22/h2-14,28H,15-21H2,1H3/t28-/m1/s1. The maximum atomic E-state index is 14.8. The van der Waals surface area contributed by atoms with Crippen molar-refractivity contribution < 1.29 is 13.9 Å². The van der Waals surface area contributed by atoms with E-state index in [4.69, 9.17) is 9.84 Å². The summed E-state index contributed by atoms with van der Waals surface area (Å²) in [6, 6.07) is 24.2. The highest BCUT2D eigenvalue weighted by molar-refractivity contribution is 6.03. The van der Waals surface area contributed by atoms with Crippen LogP contribution in [0.25, 0.3) is 0 Å². The van der Waals surface area contributed by atoms with E-state index < -0.39 is 6.04 Å². The Labute approximate surface area is 211 Å². The maximum Gasteiger partial charge on any atom is 0.257 e. The van der Waals surface area contributed by atoms with Crippen molar-refractivity contribution in [1.29, 1.82) is 0 Å². The van der Waals surface area contributed by atoms with E-state index >= 15 is 0 Å². The van der Waals surface area contributed by atoms with Crippen molar-refractivity contribution in [3.05, 3.63) is 101 Å². The number of piperazine rings is 1. The van der Waals surface area contributed by atoms with Crippen molar-refractivity contribution in [2.24, 2.45) is 5.10 Å². The van der Waals surface area contributed by atoms with Gasteiger partial charge in [0.15, 0.2) is 0 Å². The van der Waals surface area contributed by atoms with E-state index in [0.717, 1.165) is 49.7 Å². The van der Waals surface area contributed by atoms with E-state index in [9.17, 15) is 9.18 Å². The van der Waals surface area contributed by atoms with Gasteiger partial charge in [0, 0.05) is 44.7 Å². The van der Waals surface area contributed by atoms with Gasteiger partial charge >= 0.3 is 0 Å². The number of methoxy groups -OCH3 is 1. The van der Waals surface area contributed by atoms with E-state index in [0.29, 0.717) is 12.0 Å². The summed E-state index contributed by atoms with van der Waals surface area (Å²) in [5, 5.41) is 6.20. The fourth-order valence-electron chi connectivity index (χ4n) is 4.90. The van der Waals surface area contributed by atoms with Crippen LogP contribution in [0.2, 0.25) is 0 Å². The molecule has 0 saturated carbocycles. The Hall–Kier alpha value is -3.55. The maximum absolute atomic E-state index is 14.8. The number of carbonyl (C=O) groups excluding carboxylic acids is 1. The van der Waals surface area contributed by atoms with Crippen molar-refractivity contribution in [2.75, 3.05) is 39.8 Å². The normalized spacial score (nSPS) is 18.8. The van der Waals surface area contributed by atoms with Crippen LogP contribution in [0, 0.1) is 5.82 Å². The van der Waals surface area contributed by atoms with Crippen molar-refractivity contribution >= 4 is 11.6 Å². The first-order chi connectivity index (χ1) is 17.6. The second-order valence-corrected chi connectivity index (χ2v) is 9.29. The zero-order valence-corrected chi connectivity index (χ0v) is 20.5. The van der Waals surface area contributed by atoms with Crippen LogP contribution in [-0.4, -0.2) is 66.3 Å². The molecule has 0 aliphatic carbocycles. The minimum Gasteiger partial charge on any atom is -0.497 e. The number of carbonyl (C=O) groups is 1. The Kier molecular flexibility index (Phi) is 7.39. The first-order valence-electron chi connectivity index (χ1n) is 12.4. The molecular formula is C29H31FN4O2. The predicted octanol–water partition coefficient (Wildman–Crippen LogP) is 4.33. The van der Waals surface area contributed by atoms with Gasteiger partial charge in [-0.1, -0.05) is 48.5 Å². The van der Waals surface area contributed by atoms with Crippen molar-refractivity contribution in [3.8, 4) is 5.75 Å². The lowest BCUT2D eigenvalue weighted by atomic mass is 9.98. The minimum absolute atomic E-state index is 0.108. The molecule has 6 nitrogen and oxygen atoms in total. The summed E-state index contributed by atoms with van der Waals surface area (Å²) in [5.74, 6) is 0.326. The predicted molar refractivity (Wildman–Crippen MR) is 138 cm³/mol. The molecule has 186 valence electrons. The highest BCUT2D eigenvalue weighted by Crippen LogP contribution is 2.34. The van der Waals surface area contributed by atoms with E-state index in [1.165, 1.54) is 16.6 Å². The molecule has 0 bridgehead atoms.